The van der Waals surface area contributed by atoms with Crippen LogP contribution in [0.5, 0.6) is 0 Å². The van der Waals surface area contributed by atoms with Crippen molar-refractivity contribution >= 4 is 11.8 Å². The maximum atomic E-state index is 11.3. The van der Waals surface area contributed by atoms with Gasteiger partial charge in [-0.05, 0) is 13.8 Å². The minimum atomic E-state index is 0.0169. The van der Waals surface area contributed by atoms with E-state index in [0.29, 0.717) is 0 Å². The van der Waals surface area contributed by atoms with E-state index in [0.717, 1.165) is 0 Å². The van der Waals surface area contributed by atoms with E-state index in [9.17, 15) is 9.59 Å². The van der Waals surface area contributed by atoms with Crippen LogP contribution in [0.25, 0.3) is 0 Å². The molecule has 1 aliphatic rings. The molecule has 0 radical (unpaired) electrons. The highest BCUT2D eigenvalue weighted by Crippen LogP contribution is 2.06. The minimum Gasteiger partial charge on any atom is -0.335 e. The fourth-order valence-corrected chi connectivity index (χ4v) is 1.21. The molecule has 0 aromatic rings. The molecule has 0 atom stereocenters. The summed E-state index contributed by atoms with van der Waals surface area (Å²) < 4.78 is 0. The van der Waals surface area contributed by atoms with Crippen molar-refractivity contribution in [3.05, 3.63) is 0 Å². The Hall–Kier alpha value is -1.06. The molecule has 0 bridgehead atoms. The lowest BCUT2D eigenvalue weighted by Crippen LogP contribution is -2.54. The average molecular weight is 200 g/mol. The van der Waals surface area contributed by atoms with Gasteiger partial charge in [-0.25, -0.2) is 0 Å². The zero-order chi connectivity index (χ0) is 11.3. The largest absolute Gasteiger partial charge is 0.335 e. The van der Waals surface area contributed by atoms with E-state index in [1.807, 2.05) is 27.7 Å². The van der Waals surface area contributed by atoms with E-state index >= 15 is 0 Å². The van der Waals surface area contributed by atoms with Gasteiger partial charge in [0, 0.05) is 13.1 Å². The third-order valence-corrected chi connectivity index (χ3v) is 2.05. The molecule has 4 heteroatoms. The van der Waals surface area contributed by atoms with Crippen molar-refractivity contribution in [3.63, 3.8) is 0 Å². The molecule has 1 fully saturated rings. The monoisotopic (exact) mass is 200 g/mol. The average Bonchev–Trinajstić information content (AvgIpc) is 2.14. The highest BCUT2D eigenvalue weighted by atomic mass is 16.2. The second-order valence-corrected chi connectivity index (χ2v) is 3.37. The van der Waals surface area contributed by atoms with Crippen LogP contribution in [0.1, 0.15) is 27.7 Å². The summed E-state index contributed by atoms with van der Waals surface area (Å²) in [6.07, 6.45) is 0. The lowest BCUT2D eigenvalue weighted by atomic mass is 10.2. The van der Waals surface area contributed by atoms with Crippen LogP contribution >= 0.6 is 0 Å². The molecule has 1 heterocycles. The fourth-order valence-electron chi connectivity index (χ4n) is 1.21. The third kappa shape index (κ3) is 3.01. The number of nitrogens with zero attached hydrogens (tertiary/aromatic N) is 2. The molecule has 2 amide bonds. The van der Waals surface area contributed by atoms with Gasteiger partial charge < -0.3 is 9.80 Å². The zero-order valence-corrected chi connectivity index (χ0v) is 9.70. The maximum absolute atomic E-state index is 11.3. The molecule has 0 saturated carbocycles. The molecule has 0 aromatic heterocycles. The van der Waals surface area contributed by atoms with E-state index in [1.165, 1.54) is 4.90 Å². The predicted molar refractivity (Wildman–Crippen MR) is 55.8 cm³/mol. The molecule has 82 valence electrons. The summed E-state index contributed by atoms with van der Waals surface area (Å²) in [5.74, 6) is 0.0513. The molecule has 1 rings (SSSR count). The number of carbonyl (C=O) groups is 2. The van der Waals surface area contributed by atoms with E-state index in [4.69, 9.17) is 0 Å². The third-order valence-electron chi connectivity index (χ3n) is 2.05. The van der Waals surface area contributed by atoms with Gasteiger partial charge in [-0.3, -0.25) is 9.59 Å². The number of likely N-dealkylation sites (N-methyl/N-ethyl adjacent to an activating group) is 1. The van der Waals surface area contributed by atoms with Crippen molar-refractivity contribution in [2.75, 3.05) is 20.1 Å². The summed E-state index contributed by atoms with van der Waals surface area (Å²) >= 11 is 0. The Morgan fingerprint density at radius 3 is 2.00 bits per heavy atom. The standard InChI is InChI=1S/C8H14N2O2.C2H6/c1-6(2)10-5-7(11)9(3)4-8(10)12;1-2/h6H,4-5H2,1-3H3;1-2H3. The number of hydrogen-bond acceptors (Lipinski definition) is 2. The first-order valence-electron chi connectivity index (χ1n) is 5.06. The molecule has 0 unspecified atom stereocenters. The quantitative estimate of drug-likeness (QED) is 0.626. The van der Waals surface area contributed by atoms with Crippen LogP contribution in [0.3, 0.4) is 0 Å². The topological polar surface area (TPSA) is 40.6 Å². The lowest BCUT2D eigenvalue weighted by Gasteiger charge is -2.34. The molecular formula is C10H20N2O2. The number of piperazine rings is 1. The van der Waals surface area contributed by atoms with Crippen LogP contribution in [0.15, 0.2) is 0 Å². The van der Waals surface area contributed by atoms with Crippen molar-refractivity contribution in [1.29, 1.82) is 0 Å². The van der Waals surface area contributed by atoms with Crippen LogP contribution in [0.4, 0.5) is 0 Å². The van der Waals surface area contributed by atoms with Gasteiger partial charge in [0.05, 0.1) is 6.54 Å². The fraction of sp³-hybridized carbons (Fsp3) is 0.800. The molecule has 0 N–H and O–H groups in total. The van der Waals surface area contributed by atoms with Gasteiger partial charge in [0.15, 0.2) is 0 Å². The summed E-state index contributed by atoms with van der Waals surface area (Å²) in [5, 5.41) is 0. The molecule has 4 nitrogen and oxygen atoms in total. The van der Waals surface area contributed by atoms with Crippen molar-refractivity contribution < 1.29 is 9.59 Å². The Morgan fingerprint density at radius 2 is 1.57 bits per heavy atom. The number of hydrogen-bond donors (Lipinski definition) is 0. The Bertz CT molecular complexity index is 214. The van der Waals surface area contributed by atoms with E-state index in [2.05, 4.69) is 0 Å². The number of rotatable bonds is 1. The van der Waals surface area contributed by atoms with Gasteiger partial charge in [0.25, 0.3) is 0 Å². The van der Waals surface area contributed by atoms with E-state index < -0.39 is 0 Å². The summed E-state index contributed by atoms with van der Waals surface area (Å²) in [4.78, 5) is 25.6. The number of amides is 2. The predicted octanol–water partition coefficient (Wildman–Crippen LogP) is 0.722. The first-order chi connectivity index (χ1) is 6.52. The maximum Gasteiger partial charge on any atom is 0.242 e. The van der Waals surface area contributed by atoms with Gasteiger partial charge in [0.1, 0.15) is 6.54 Å². The van der Waals surface area contributed by atoms with Gasteiger partial charge in [0.2, 0.25) is 11.8 Å². The minimum absolute atomic E-state index is 0.0169. The smallest absolute Gasteiger partial charge is 0.242 e. The normalized spacial score (nSPS) is 17.0. The van der Waals surface area contributed by atoms with Crippen molar-refractivity contribution in [2.45, 2.75) is 33.7 Å². The lowest BCUT2D eigenvalue weighted by molar-refractivity contribution is -0.150. The molecule has 1 aliphatic heterocycles. The molecule has 0 aliphatic carbocycles. The molecule has 0 aromatic carbocycles. The summed E-state index contributed by atoms with van der Waals surface area (Å²) in [5.41, 5.74) is 0. The van der Waals surface area contributed by atoms with Crippen molar-refractivity contribution in [3.8, 4) is 0 Å². The first kappa shape index (κ1) is 12.9. The highest BCUT2D eigenvalue weighted by Gasteiger charge is 2.28. The van der Waals surface area contributed by atoms with Gasteiger partial charge in [-0.1, -0.05) is 13.8 Å². The highest BCUT2D eigenvalue weighted by molar-refractivity contribution is 5.92. The summed E-state index contributed by atoms with van der Waals surface area (Å²) in [6, 6.07) is 0.121. The van der Waals surface area contributed by atoms with Gasteiger partial charge in [-0.15, -0.1) is 0 Å². The van der Waals surface area contributed by atoms with Crippen LogP contribution in [-0.4, -0.2) is 47.8 Å². The Balaban J connectivity index is 0.000000791. The van der Waals surface area contributed by atoms with Crippen molar-refractivity contribution in [1.82, 2.24) is 9.80 Å². The zero-order valence-electron chi connectivity index (χ0n) is 9.70. The van der Waals surface area contributed by atoms with E-state index in [-0.39, 0.29) is 30.9 Å². The van der Waals surface area contributed by atoms with Crippen LogP contribution in [0.2, 0.25) is 0 Å². The van der Waals surface area contributed by atoms with Gasteiger partial charge in [-0.2, -0.15) is 0 Å². The Morgan fingerprint density at radius 1 is 1.07 bits per heavy atom. The van der Waals surface area contributed by atoms with Gasteiger partial charge >= 0.3 is 0 Å². The second-order valence-electron chi connectivity index (χ2n) is 3.37. The number of carbonyl (C=O) groups excluding carboxylic acids is 2. The molecular weight excluding hydrogens is 180 g/mol. The second kappa shape index (κ2) is 5.62. The van der Waals surface area contributed by atoms with Crippen LogP contribution in [-0.2, 0) is 9.59 Å². The molecule has 14 heavy (non-hydrogen) atoms. The Kier molecular flexibility index (Phi) is 5.20. The molecule has 0 spiro atoms. The van der Waals surface area contributed by atoms with E-state index in [1.54, 1.807) is 11.9 Å². The molecule has 1 saturated heterocycles. The summed E-state index contributed by atoms with van der Waals surface area (Å²) in [7, 11) is 1.65. The first-order valence-corrected chi connectivity index (χ1v) is 5.06. The van der Waals surface area contributed by atoms with Crippen LogP contribution < -0.4 is 0 Å². The SMILES string of the molecule is CC.CC(C)N1CC(=O)N(C)CC1=O. The van der Waals surface area contributed by atoms with Crippen LogP contribution in [0, 0.1) is 0 Å². The van der Waals surface area contributed by atoms with Crippen molar-refractivity contribution in [2.24, 2.45) is 0 Å². The Labute approximate surface area is 85.9 Å². The summed E-state index contributed by atoms with van der Waals surface area (Å²) in [6.45, 7) is 8.27.